The summed E-state index contributed by atoms with van der Waals surface area (Å²) in [4.78, 5) is 43.4. The molecular weight excluding hydrogens is 406 g/mol. The molecule has 3 aromatic rings. The summed E-state index contributed by atoms with van der Waals surface area (Å²) in [7, 11) is 1.52. The van der Waals surface area contributed by atoms with Crippen molar-refractivity contribution in [1.82, 2.24) is 15.2 Å². The number of ether oxygens (including phenoxy) is 1. The molecule has 1 heterocycles. The number of amides is 2. The van der Waals surface area contributed by atoms with E-state index < -0.39 is 18.5 Å². The second-order valence-electron chi connectivity index (χ2n) is 8.01. The van der Waals surface area contributed by atoms with Gasteiger partial charge < -0.3 is 15.0 Å². The van der Waals surface area contributed by atoms with E-state index in [-0.39, 0.29) is 18.5 Å². The third kappa shape index (κ3) is 4.77. The van der Waals surface area contributed by atoms with Crippen molar-refractivity contribution in [3.63, 3.8) is 0 Å². The number of nitrogens with one attached hydrogen (secondary N) is 1. The van der Waals surface area contributed by atoms with Crippen molar-refractivity contribution in [2.75, 3.05) is 20.2 Å². The van der Waals surface area contributed by atoms with Crippen LogP contribution < -0.4 is 5.32 Å². The summed E-state index contributed by atoms with van der Waals surface area (Å²) in [5.74, 6) is -1.25. The molecule has 1 saturated carbocycles. The van der Waals surface area contributed by atoms with Crippen molar-refractivity contribution in [1.29, 1.82) is 0 Å². The Hall–Kier alpha value is -3.74. The van der Waals surface area contributed by atoms with Crippen molar-refractivity contribution in [2.45, 2.75) is 25.8 Å². The minimum absolute atomic E-state index is 0.0672. The number of hydrogen-bond donors (Lipinski definition) is 1. The Kier molecular flexibility index (Phi) is 6.16. The van der Waals surface area contributed by atoms with Crippen molar-refractivity contribution in [3.05, 3.63) is 65.7 Å². The highest BCUT2D eigenvalue weighted by Crippen LogP contribution is 2.30. The third-order valence-corrected chi connectivity index (χ3v) is 5.46. The number of nitrogens with zero attached hydrogens (tertiary/aromatic N) is 2. The van der Waals surface area contributed by atoms with E-state index in [4.69, 9.17) is 9.72 Å². The van der Waals surface area contributed by atoms with Crippen LogP contribution in [0.1, 0.15) is 28.8 Å². The van der Waals surface area contributed by atoms with E-state index in [1.807, 2.05) is 61.5 Å². The second-order valence-corrected chi connectivity index (χ2v) is 8.01. The average molecular weight is 431 g/mol. The van der Waals surface area contributed by atoms with E-state index in [0.717, 1.165) is 18.4 Å². The molecule has 1 aromatic heterocycles. The summed E-state index contributed by atoms with van der Waals surface area (Å²) in [5.41, 5.74) is 3.32. The molecular formula is C25H25N3O4. The van der Waals surface area contributed by atoms with Crippen molar-refractivity contribution >= 4 is 28.7 Å². The lowest BCUT2D eigenvalue weighted by Crippen LogP contribution is -2.40. The molecule has 1 aliphatic rings. The van der Waals surface area contributed by atoms with Crippen LogP contribution in [0.3, 0.4) is 0 Å². The number of para-hydroxylation sites is 1. The van der Waals surface area contributed by atoms with Gasteiger partial charge in [0.05, 0.1) is 23.3 Å². The Bertz CT molecular complexity index is 1170. The molecule has 0 atom stereocenters. The van der Waals surface area contributed by atoms with Gasteiger partial charge in [0, 0.05) is 24.0 Å². The first-order valence-electron chi connectivity index (χ1n) is 10.6. The number of carbonyl (C=O) groups is 3. The number of aromatic nitrogens is 1. The van der Waals surface area contributed by atoms with Gasteiger partial charge >= 0.3 is 5.97 Å². The Labute approximate surface area is 186 Å². The van der Waals surface area contributed by atoms with Gasteiger partial charge in [0.25, 0.3) is 5.91 Å². The predicted octanol–water partition coefficient (Wildman–Crippen LogP) is 3.10. The lowest BCUT2D eigenvalue weighted by Gasteiger charge is -2.18. The minimum Gasteiger partial charge on any atom is -0.452 e. The van der Waals surface area contributed by atoms with Crippen LogP contribution in [-0.4, -0.2) is 53.9 Å². The normalized spacial score (nSPS) is 12.9. The first kappa shape index (κ1) is 21.5. The molecule has 2 aromatic carbocycles. The van der Waals surface area contributed by atoms with E-state index in [0.29, 0.717) is 27.7 Å². The van der Waals surface area contributed by atoms with Crippen LogP contribution in [0.25, 0.3) is 22.2 Å². The Morgan fingerprint density at radius 1 is 1.06 bits per heavy atom. The summed E-state index contributed by atoms with van der Waals surface area (Å²) in [5, 5.41) is 3.50. The largest absolute Gasteiger partial charge is 0.452 e. The van der Waals surface area contributed by atoms with E-state index >= 15 is 0 Å². The second kappa shape index (κ2) is 9.18. The molecule has 32 heavy (non-hydrogen) atoms. The summed E-state index contributed by atoms with van der Waals surface area (Å²) < 4.78 is 5.38. The molecule has 7 heteroatoms. The molecule has 2 amide bonds. The van der Waals surface area contributed by atoms with E-state index in [2.05, 4.69) is 5.32 Å². The molecule has 164 valence electrons. The zero-order valence-electron chi connectivity index (χ0n) is 18.1. The number of fused-ring (bicyclic) bond motifs is 1. The van der Waals surface area contributed by atoms with Crippen LogP contribution in [-0.2, 0) is 14.3 Å². The quantitative estimate of drug-likeness (QED) is 0.581. The lowest BCUT2D eigenvalue weighted by atomic mass is 9.98. The maximum Gasteiger partial charge on any atom is 0.339 e. The summed E-state index contributed by atoms with van der Waals surface area (Å²) in [6, 6.07) is 17.2. The Morgan fingerprint density at radius 3 is 2.47 bits per heavy atom. The third-order valence-electron chi connectivity index (χ3n) is 5.46. The first-order valence-corrected chi connectivity index (χ1v) is 10.6. The van der Waals surface area contributed by atoms with Gasteiger partial charge in [-0.15, -0.1) is 0 Å². The fourth-order valence-electron chi connectivity index (χ4n) is 3.56. The van der Waals surface area contributed by atoms with E-state index in [1.54, 1.807) is 0 Å². The fraction of sp³-hybridized carbons (Fsp3) is 0.280. The van der Waals surface area contributed by atoms with Gasteiger partial charge in [-0.3, -0.25) is 9.59 Å². The molecule has 0 radical (unpaired) electrons. The summed E-state index contributed by atoms with van der Waals surface area (Å²) in [6.07, 6.45) is 1.95. The van der Waals surface area contributed by atoms with Crippen LogP contribution in [0.4, 0.5) is 0 Å². The minimum atomic E-state index is -0.595. The van der Waals surface area contributed by atoms with Crippen molar-refractivity contribution < 1.29 is 19.1 Å². The average Bonchev–Trinajstić information content (AvgIpc) is 3.61. The zero-order valence-corrected chi connectivity index (χ0v) is 18.1. The highest BCUT2D eigenvalue weighted by Gasteiger charge is 2.25. The number of esters is 1. The predicted molar refractivity (Wildman–Crippen MR) is 121 cm³/mol. The molecule has 1 fully saturated rings. The molecule has 0 unspecified atom stereocenters. The molecule has 7 nitrogen and oxygen atoms in total. The Morgan fingerprint density at radius 2 is 1.75 bits per heavy atom. The monoisotopic (exact) mass is 431 g/mol. The highest BCUT2D eigenvalue weighted by molar-refractivity contribution is 6.07. The lowest BCUT2D eigenvalue weighted by molar-refractivity contribution is -0.137. The van der Waals surface area contributed by atoms with E-state index in [9.17, 15) is 14.4 Å². The smallest absolute Gasteiger partial charge is 0.339 e. The fourth-order valence-corrected chi connectivity index (χ4v) is 3.56. The van der Waals surface area contributed by atoms with Crippen molar-refractivity contribution in [2.24, 2.45) is 0 Å². The number of rotatable bonds is 7. The number of likely N-dealkylation sites (N-methyl/N-ethyl adjacent to an activating group) is 1. The van der Waals surface area contributed by atoms with Gasteiger partial charge in [-0.05, 0) is 31.4 Å². The van der Waals surface area contributed by atoms with Gasteiger partial charge in [0.15, 0.2) is 6.61 Å². The molecule has 0 spiro atoms. The number of carbonyl (C=O) groups excluding carboxylic acids is 3. The highest BCUT2D eigenvalue weighted by atomic mass is 16.5. The Balaban J connectivity index is 1.53. The molecule has 1 N–H and O–H groups in total. The topological polar surface area (TPSA) is 88.6 Å². The maximum atomic E-state index is 13.1. The zero-order chi connectivity index (χ0) is 22.7. The molecule has 0 saturated heterocycles. The van der Waals surface area contributed by atoms with Crippen molar-refractivity contribution in [3.8, 4) is 11.3 Å². The van der Waals surface area contributed by atoms with Crippen LogP contribution >= 0.6 is 0 Å². The van der Waals surface area contributed by atoms with Gasteiger partial charge in [-0.2, -0.15) is 0 Å². The molecule has 4 rings (SSSR count). The van der Waals surface area contributed by atoms with Gasteiger partial charge in [0.1, 0.15) is 0 Å². The van der Waals surface area contributed by atoms with E-state index in [1.165, 1.54) is 11.9 Å². The van der Waals surface area contributed by atoms with Gasteiger partial charge in [-0.1, -0.05) is 48.5 Å². The van der Waals surface area contributed by atoms with Crippen LogP contribution in [0, 0.1) is 6.92 Å². The van der Waals surface area contributed by atoms with Gasteiger partial charge in [-0.25, -0.2) is 9.78 Å². The first-order chi connectivity index (χ1) is 15.4. The summed E-state index contributed by atoms with van der Waals surface area (Å²) >= 11 is 0. The number of benzene rings is 2. The molecule has 0 aliphatic heterocycles. The number of pyridine rings is 1. The summed E-state index contributed by atoms with van der Waals surface area (Å²) in [6.45, 7) is 1.32. The van der Waals surface area contributed by atoms with Crippen LogP contribution in [0.15, 0.2) is 54.6 Å². The van der Waals surface area contributed by atoms with Gasteiger partial charge in [0.2, 0.25) is 5.91 Å². The van der Waals surface area contributed by atoms with Crippen LogP contribution in [0.5, 0.6) is 0 Å². The number of hydrogen-bond acceptors (Lipinski definition) is 5. The maximum absolute atomic E-state index is 13.1. The molecule has 0 bridgehead atoms. The molecule has 1 aliphatic carbocycles. The van der Waals surface area contributed by atoms with Crippen LogP contribution in [0.2, 0.25) is 0 Å². The SMILES string of the molecule is Cc1c(-c2ccccc2)nc2ccccc2c1C(=O)OCC(=O)N(C)CC(=O)NC1CC1. The standard InChI is InChI=1S/C25H25N3O4/c1-16-23(25(31)32-15-22(30)28(2)14-21(29)26-18-12-13-18)19-10-6-7-11-20(19)27-24(16)17-8-4-3-5-9-17/h3-11,18H,12-15H2,1-2H3,(H,26,29).